The van der Waals surface area contributed by atoms with Crippen molar-refractivity contribution in [2.75, 3.05) is 18.8 Å². The lowest BCUT2D eigenvalue weighted by Crippen LogP contribution is -2.40. The number of benzene rings is 1. The van der Waals surface area contributed by atoms with Crippen molar-refractivity contribution in [1.82, 2.24) is 14.9 Å². The molecular weight excluding hydrogens is 331 g/mol. The van der Waals surface area contributed by atoms with Gasteiger partial charge in [0.05, 0.1) is 10.7 Å². The Morgan fingerprint density at radius 2 is 2.17 bits per heavy atom. The first-order valence-electron chi connectivity index (χ1n) is 7.84. The first-order valence-corrected chi connectivity index (χ1v) is 8.22. The normalized spacial score (nSPS) is 17.8. The number of hydrogen-bond donors (Lipinski definition) is 1. The number of amides is 1. The van der Waals surface area contributed by atoms with E-state index in [9.17, 15) is 9.18 Å². The lowest BCUT2D eigenvalue weighted by molar-refractivity contribution is 0.0673. The molecular formula is C17H18ClFN4O. The molecule has 3 rings (SSSR count). The second-order valence-electron chi connectivity index (χ2n) is 5.98. The van der Waals surface area contributed by atoms with Crippen LogP contribution in [0.3, 0.4) is 0 Å². The summed E-state index contributed by atoms with van der Waals surface area (Å²) in [4.78, 5) is 22.7. The van der Waals surface area contributed by atoms with Crippen LogP contribution in [0.1, 0.15) is 28.9 Å². The Bertz CT molecular complexity index is 755. The van der Waals surface area contributed by atoms with Gasteiger partial charge in [-0.25, -0.2) is 9.37 Å². The van der Waals surface area contributed by atoms with Crippen LogP contribution < -0.4 is 5.73 Å². The van der Waals surface area contributed by atoms with E-state index in [0.717, 1.165) is 18.5 Å². The first-order chi connectivity index (χ1) is 11.5. The molecule has 1 aromatic carbocycles. The zero-order valence-corrected chi connectivity index (χ0v) is 13.8. The average Bonchev–Trinajstić information content (AvgIpc) is 2.59. The van der Waals surface area contributed by atoms with Gasteiger partial charge in [0, 0.05) is 31.0 Å². The quantitative estimate of drug-likeness (QED) is 0.925. The van der Waals surface area contributed by atoms with Crippen molar-refractivity contribution in [3.63, 3.8) is 0 Å². The molecule has 1 unspecified atom stereocenters. The highest BCUT2D eigenvalue weighted by Crippen LogP contribution is 2.24. The second-order valence-corrected chi connectivity index (χ2v) is 6.39. The Kier molecular flexibility index (Phi) is 4.94. The molecule has 0 radical (unpaired) electrons. The van der Waals surface area contributed by atoms with Gasteiger partial charge in [-0.3, -0.25) is 9.78 Å². The van der Waals surface area contributed by atoms with Crippen LogP contribution in [0.4, 0.5) is 10.2 Å². The van der Waals surface area contributed by atoms with E-state index in [1.165, 1.54) is 18.2 Å². The first kappa shape index (κ1) is 16.6. The van der Waals surface area contributed by atoms with Crippen molar-refractivity contribution in [3.8, 4) is 0 Å². The fraction of sp³-hybridized carbons (Fsp3) is 0.353. The van der Waals surface area contributed by atoms with E-state index in [-0.39, 0.29) is 16.8 Å². The number of carbonyl (C=O) groups excluding carboxylic acids is 1. The SMILES string of the molecule is Nc1nccnc1CC1CCCN(C(=O)c2ccc(F)c(Cl)c2)C1. The fourth-order valence-corrected chi connectivity index (χ4v) is 3.22. The minimum atomic E-state index is -0.525. The van der Waals surface area contributed by atoms with Crippen LogP contribution in [0.25, 0.3) is 0 Å². The summed E-state index contributed by atoms with van der Waals surface area (Å²) in [5, 5.41) is -0.0401. The summed E-state index contributed by atoms with van der Waals surface area (Å²) >= 11 is 5.78. The van der Waals surface area contributed by atoms with Crippen LogP contribution >= 0.6 is 11.6 Å². The molecule has 2 aromatic rings. The van der Waals surface area contributed by atoms with Crippen molar-refractivity contribution in [2.45, 2.75) is 19.3 Å². The third-order valence-electron chi connectivity index (χ3n) is 4.26. The summed E-state index contributed by atoms with van der Waals surface area (Å²) < 4.78 is 13.3. The van der Waals surface area contributed by atoms with Crippen molar-refractivity contribution in [2.24, 2.45) is 5.92 Å². The van der Waals surface area contributed by atoms with E-state index in [0.29, 0.717) is 30.9 Å². The maximum absolute atomic E-state index is 13.3. The van der Waals surface area contributed by atoms with Crippen LogP contribution in [0.5, 0.6) is 0 Å². The van der Waals surface area contributed by atoms with Gasteiger partial charge in [-0.15, -0.1) is 0 Å². The van der Waals surface area contributed by atoms with Gasteiger partial charge in [0.1, 0.15) is 11.6 Å². The molecule has 1 fully saturated rings. The van der Waals surface area contributed by atoms with Crippen molar-refractivity contribution < 1.29 is 9.18 Å². The average molecular weight is 349 g/mol. The van der Waals surface area contributed by atoms with E-state index >= 15 is 0 Å². The van der Waals surface area contributed by atoms with E-state index in [1.54, 1.807) is 17.3 Å². The highest BCUT2D eigenvalue weighted by Gasteiger charge is 2.26. The zero-order chi connectivity index (χ0) is 17.1. The van der Waals surface area contributed by atoms with E-state index < -0.39 is 5.82 Å². The molecule has 2 N–H and O–H groups in total. The van der Waals surface area contributed by atoms with Crippen LogP contribution in [-0.2, 0) is 6.42 Å². The van der Waals surface area contributed by atoms with Gasteiger partial charge in [0.25, 0.3) is 5.91 Å². The Morgan fingerprint density at radius 1 is 1.38 bits per heavy atom. The Labute approximate surface area is 144 Å². The molecule has 1 saturated heterocycles. The number of nitrogens with two attached hydrogens (primary N) is 1. The van der Waals surface area contributed by atoms with E-state index in [1.807, 2.05) is 0 Å². The molecule has 1 aliphatic rings. The third kappa shape index (κ3) is 3.64. The van der Waals surface area contributed by atoms with Crippen molar-refractivity contribution in [1.29, 1.82) is 0 Å². The van der Waals surface area contributed by atoms with Gasteiger partial charge in [0.15, 0.2) is 0 Å². The number of aromatic nitrogens is 2. The van der Waals surface area contributed by atoms with Gasteiger partial charge in [-0.1, -0.05) is 11.6 Å². The van der Waals surface area contributed by atoms with Crippen LogP contribution in [0.15, 0.2) is 30.6 Å². The lowest BCUT2D eigenvalue weighted by Gasteiger charge is -2.33. The highest BCUT2D eigenvalue weighted by atomic mass is 35.5. The number of rotatable bonds is 3. The molecule has 7 heteroatoms. The van der Waals surface area contributed by atoms with Gasteiger partial charge < -0.3 is 10.6 Å². The summed E-state index contributed by atoms with van der Waals surface area (Å²) in [6, 6.07) is 4.06. The molecule has 0 spiro atoms. The summed E-state index contributed by atoms with van der Waals surface area (Å²) in [6.07, 6.45) is 5.79. The Hall–Kier alpha value is -2.21. The smallest absolute Gasteiger partial charge is 0.253 e. The standard InChI is InChI=1S/C17H18ClFN4O/c18-13-9-12(3-4-14(13)19)17(24)23-7-1-2-11(10-23)8-15-16(20)22-6-5-21-15/h3-6,9,11H,1-2,7-8,10H2,(H2,20,22). The highest BCUT2D eigenvalue weighted by molar-refractivity contribution is 6.31. The second kappa shape index (κ2) is 7.13. The van der Waals surface area contributed by atoms with E-state index in [2.05, 4.69) is 9.97 Å². The number of nitrogen functional groups attached to an aromatic ring is 1. The summed E-state index contributed by atoms with van der Waals surface area (Å²) in [5.74, 6) is 0.0560. The molecule has 5 nitrogen and oxygen atoms in total. The number of hydrogen-bond acceptors (Lipinski definition) is 4. The molecule has 0 bridgehead atoms. The number of piperidine rings is 1. The third-order valence-corrected chi connectivity index (χ3v) is 4.55. The maximum Gasteiger partial charge on any atom is 0.253 e. The molecule has 0 saturated carbocycles. The topological polar surface area (TPSA) is 72.1 Å². The molecule has 126 valence electrons. The summed E-state index contributed by atoms with van der Waals surface area (Å²) in [5.41, 5.74) is 7.02. The number of carbonyl (C=O) groups is 1. The molecule has 1 aliphatic heterocycles. The monoisotopic (exact) mass is 348 g/mol. The van der Waals surface area contributed by atoms with Gasteiger partial charge in [-0.05, 0) is 43.4 Å². The van der Waals surface area contributed by atoms with Crippen molar-refractivity contribution in [3.05, 3.63) is 52.7 Å². The Morgan fingerprint density at radius 3 is 2.92 bits per heavy atom. The minimum Gasteiger partial charge on any atom is -0.382 e. The summed E-state index contributed by atoms with van der Waals surface area (Å²) in [7, 11) is 0. The largest absolute Gasteiger partial charge is 0.382 e. The minimum absolute atomic E-state index is 0.0401. The van der Waals surface area contributed by atoms with Crippen LogP contribution in [0, 0.1) is 11.7 Å². The maximum atomic E-state index is 13.3. The molecule has 2 heterocycles. The number of anilines is 1. The Balaban J connectivity index is 1.69. The van der Waals surface area contributed by atoms with Crippen LogP contribution in [-0.4, -0.2) is 33.9 Å². The number of nitrogens with zero attached hydrogens (tertiary/aromatic N) is 3. The molecule has 1 amide bonds. The zero-order valence-electron chi connectivity index (χ0n) is 13.1. The molecule has 24 heavy (non-hydrogen) atoms. The fourth-order valence-electron chi connectivity index (χ4n) is 3.04. The van der Waals surface area contributed by atoms with E-state index in [4.69, 9.17) is 17.3 Å². The molecule has 1 atom stereocenters. The molecule has 1 aromatic heterocycles. The van der Waals surface area contributed by atoms with Crippen molar-refractivity contribution >= 4 is 23.3 Å². The summed E-state index contributed by atoms with van der Waals surface area (Å²) in [6.45, 7) is 1.30. The van der Waals surface area contributed by atoms with Gasteiger partial charge in [-0.2, -0.15) is 0 Å². The lowest BCUT2D eigenvalue weighted by atomic mass is 9.92. The molecule has 0 aliphatic carbocycles. The van der Waals surface area contributed by atoms with Gasteiger partial charge in [0.2, 0.25) is 0 Å². The predicted molar refractivity (Wildman–Crippen MR) is 90.2 cm³/mol. The van der Waals surface area contributed by atoms with Crippen LogP contribution in [0.2, 0.25) is 5.02 Å². The van der Waals surface area contributed by atoms with Gasteiger partial charge >= 0.3 is 0 Å². The number of likely N-dealkylation sites (tertiary alicyclic amines) is 1. The predicted octanol–water partition coefficient (Wildman–Crippen LogP) is 2.95. The number of halogens is 2.